The normalized spacial score (nSPS) is 10.6. The average Bonchev–Trinajstić information content (AvgIpc) is 2.87. The highest BCUT2D eigenvalue weighted by molar-refractivity contribution is 7.12. The van der Waals surface area contributed by atoms with Crippen LogP contribution in [0.25, 0.3) is 0 Å². The summed E-state index contributed by atoms with van der Waals surface area (Å²) < 4.78 is 0. The lowest BCUT2D eigenvalue weighted by Crippen LogP contribution is -2.00. The summed E-state index contributed by atoms with van der Waals surface area (Å²) in [5.74, 6) is -0.925. The first-order valence-corrected chi connectivity index (χ1v) is 6.64. The maximum absolute atomic E-state index is 10.9. The number of rotatable bonds is 4. The number of carbonyl (C=O) groups is 1. The van der Waals surface area contributed by atoms with Gasteiger partial charge in [-0.05, 0) is 17.9 Å². The minimum Gasteiger partial charge on any atom is -0.476 e. The van der Waals surface area contributed by atoms with Gasteiger partial charge in [0, 0.05) is 16.2 Å². The number of hydrogen-bond donors (Lipinski definition) is 1. The van der Waals surface area contributed by atoms with E-state index >= 15 is 0 Å². The molecule has 0 bridgehead atoms. The summed E-state index contributed by atoms with van der Waals surface area (Å²) in [4.78, 5) is 17.2. The minimum atomic E-state index is -0.925. The van der Waals surface area contributed by atoms with Crippen LogP contribution in [0.2, 0.25) is 0 Å². The molecule has 2 aromatic rings. The van der Waals surface area contributed by atoms with E-state index in [0.29, 0.717) is 0 Å². The Morgan fingerprint density at radius 2 is 2.38 bits per heavy atom. The van der Waals surface area contributed by atoms with Gasteiger partial charge in [0.25, 0.3) is 0 Å². The van der Waals surface area contributed by atoms with Gasteiger partial charge in [-0.3, -0.25) is 0 Å². The van der Waals surface area contributed by atoms with Gasteiger partial charge in [0.05, 0.1) is 5.01 Å². The largest absolute Gasteiger partial charge is 0.476 e. The van der Waals surface area contributed by atoms with Crippen molar-refractivity contribution in [1.82, 2.24) is 4.98 Å². The molecule has 0 spiro atoms. The number of aryl methyl sites for hydroxylation is 1. The van der Waals surface area contributed by atoms with Crippen molar-refractivity contribution < 1.29 is 9.90 Å². The number of carboxylic acids is 1. The lowest BCUT2D eigenvalue weighted by molar-refractivity contribution is 0.0690. The number of thiophene rings is 1. The van der Waals surface area contributed by atoms with Gasteiger partial charge >= 0.3 is 5.97 Å². The second-order valence-corrected chi connectivity index (χ2v) is 5.49. The van der Waals surface area contributed by atoms with Gasteiger partial charge in [0.15, 0.2) is 5.69 Å². The molecule has 2 heterocycles. The number of hydrogen-bond acceptors (Lipinski definition) is 4. The van der Waals surface area contributed by atoms with Gasteiger partial charge in [-0.1, -0.05) is 13.0 Å². The van der Waals surface area contributed by atoms with Gasteiger partial charge in [-0.2, -0.15) is 0 Å². The molecule has 0 radical (unpaired) electrons. The van der Waals surface area contributed by atoms with E-state index in [1.54, 1.807) is 11.3 Å². The SMILES string of the molecule is CCc1sc(Cc2cccs2)nc1C(=O)O. The monoisotopic (exact) mass is 253 g/mol. The molecule has 0 aromatic carbocycles. The standard InChI is InChI=1S/C11H11NO2S2/c1-2-8-10(11(13)14)12-9(16-8)6-7-4-3-5-15-7/h3-5H,2,6H2,1H3,(H,13,14). The summed E-state index contributed by atoms with van der Waals surface area (Å²) in [6.45, 7) is 1.95. The molecule has 16 heavy (non-hydrogen) atoms. The van der Waals surface area contributed by atoms with Crippen LogP contribution in [-0.4, -0.2) is 16.1 Å². The molecule has 0 aliphatic carbocycles. The predicted molar refractivity (Wildman–Crippen MR) is 65.6 cm³/mol. The summed E-state index contributed by atoms with van der Waals surface area (Å²) in [6, 6.07) is 4.03. The van der Waals surface area contributed by atoms with Crippen molar-refractivity contribution in [3.63, 3.8) is 0 Å². The Kier molecular flexibility index (Phi) is 3.36. The second kappa shape index (κ2) is 4.76. The fraction of sp³-hybridized carbons (Fsp3) is 0.273. The third-order valence-electron chi connectivity index (χ3n) is 2.17. The summed E-state index contributed by atoms with van der Waals surface area (Å²) in [7, 11) is 0. The molecule has 3 nitrogen and oxygen atoms in total. The first-order chi connectivity index (χ1) is 7.70. The van der Waals surface area contributed by atoms with Crippen LogP contribution in [0, 0.1) is 0 Å². The number of aromatic nitrogens is 1. The predicted octanol–water partition coefficient (Wildman–Crippen LogP) is 3.06. The molecule has 84 valence electrons. The fourth-order valence-corrected chi connectivity index (χ4v) is 3.27. The van der Waals surface area contributed by atoms with Crippen molar-refractivity contribution in [3.8, 4) is 0 Å². The van der Waals surface area contributed by atoms with Crippen LogP contribution in [0.1, 0.15) is 32.2 Å². The highest BCUT2D eigenvalue weighted by Crippen LogP contribution is 2.23. The number of carboxylic acid groups (broad SMARTS) is 1. The fourth-order valence-electron chi connectivity index (χ4n) is 1.44. The van der Waals surface area contributed by atoms with Crippen molar-refractivity contribution >= 4 is 28.6 Å². The molecule has 0 saturated heterocycles. The van der Waals surface area contributed by atoms with Gasteiger partial charge in [-0.15, -0.1) is 22.7 Å². The van der Waals surface area contributed by atoms with Gasteiger partial charge in [-0.25, -0.2) is 9.78 Å². The van der Waals surface area contributed by atoms with Crippen LogP contribution in [0.5, 0.6) is 0 Å². The maximum Gasteiger partial charge on any atom is 0.355 e. The molecule has 0 atom stereocenters. The zero-order chi connectivity index (χ0) is 11.5. The summed E-state index contributed by atoms with van der Waals surface area (Å²) >= 11 is 3.17. The maximum atomic E-state index is 10.9. The van der Waals surface area contributed by atoms with E-state index in [1.807, 2.05) is 24.4 Å². The molecule has 0 unspecified atom stereocenters. The Balaban J connectivity index is 2.26. The van der Waals surface area contributed by atoms with E-state index in [2.05, 4.69) is 4.98 Å². The van der Waals surface area contributed by atoms with E-state index < -0.39 is 5.97 Å². The third-order valence-corrected chi connectivity index (χ3v) is 4.25. The number of nitrogens with zero attached hydrogens (tertiary/aromatic N) is 1. The van der Waals surface area contributed by atoms with E-state index in [0.717, 1.165) is 22.7 Å². The Morgan fingerprint density at radius 1 is 1.56 bits per heavy atom. The second-order valence-electron chi connectivity index (χ2n) is 3.29. The molecule has 5 heteroatoms. The number of aromatic carboxylic acids is 1. The zero-order valence-corrected chi connectivity index (χ0v) is 10.4. The molecule has 2 aromatic heterocycles. The zero-order valence-electron chi connectivity index (χ0n) is 8.77. The van der Waals surface area contributed by atoms with Crippen LogP contribution in [-0.2, 0) is 12.8 Å². The lowest BCUT2D eigenvalue weighted by atomic mass is 10.3. The summed E-state index contributed by atoms with van der Waals surface area (Å²) in [5, 5.41) is 11.9. The first-order valence-electron chi connectivity index (χ1n) is 4.95. The molecule has 0 fully saturated rings. The van der Waals surface area contributed by atoms with E-state index in [1.165, 1.54) is 16.2 Å². The van der Waals surface area contributed by atoms with Crippen molar-refractivity contribution in [1.29, 1.82) is 0 Å². The van der Waals surface area contributed by atoms with E-state index in [9.17, 15) is 4.79 Å². The topological polar surface area (TPSA) is 50.2 Å². The molecular weight excluding hydrogens is 242 g/mol. The van der Waals surface area contributed by atoms with Crippen molar-refractivity contribution in [2.75, 3.05) is 0 Å². The van der Waals surface area contributed by atoms with Crippen LogP contribution in [0.15, 0.2) is 17.5 Å². The Labute approximate surface area is 101 Å². The summed E-state index contributed by atoms with van der Waals surface area (Å²) in [6.07, 6.45) is 1.46. The molecule has 0 saturated carbocycles. The highest BCUT2D eigenvalue weighted by atomic mass is 32.1. The van der Waals surface area contributed by atoms with Crippen LogP contribution >= 0.6 is 22.7 Å². The van der Waals surface area contributed by atoms with Gasteiger partial charge < -0.3 is 5.11 Å². The Hall–Kier alpha value is -1.20. The minimum absolute atomic E-state index is 0.221. The van der Waals surface area contributed by atoms with Crippen molar-refractivity contribution in [2.45, 2.75) is 19.8 Å². The Bertz CT molecular complexity index is 488. The smallest absolute Gasteiger partial charge is 0.355 e. The molecular formula is C11H11NO2S2. The molecule has 0 aliphatic heterocycles. The van der Waals surface area contributed by atoms with Crippen molar-refractivity contribution in [2.24, 2.45) is 0 Å². The molecule has 0 aliphatic rings. The van der Waals surface area contributed by atoms with Crippen LogP contribution in [0.3, 0.4) is 0 Å². The van der Waals surface area contributed by atoms with Gasteiger partial charge in [0.1, 0.15) is 0 Å². The molecule has 1 N–H and O–H groups in total. The Morgan fingerprint density at radius 3 is 2.88 bits per heavy atom. The molecule has 0 amide bonds. The van der Waals surface area contributed by atoms with Crippen molar-refractivity contribution in [3.05, 3.63) is 38.0 Å². The molecule has 2 rings (SSSR count). The first kappa shape index (κ1) is 11.3. The lowest BCUT2D eigenvalue weighted by Gasteiger charge is -1.89. The van der Waals surface area contributed by atoms with Crippen LogP contribution < -0.4 is 0 Å². The summed E-state index contributed by atoms with van der Waals surface area (Å²) in [5.41, 5.74) is 0.221. The van der Waals surface area contributed by atoms with Gasteiger partial charge in [0.2, 0.25) is 0 Å². The average molecular weight is 253 g/mol. The number of thiazole rings is 1. The van der Waals surface area contributed by atoms with Crippen LogP contribution in [0.4, 0.5) is 0 Å². The highest BCUT2D eigenvalue weighted by Gasteiger charge is 2.16. The van der Waals surface area contributed by atoms with E-state index in [4.69, 9.17) is 5.11 Å². The quantitative estimate of drug-likeness (QED) is 0.911. The third kappa shape index (κ3) is 2.31. The van der Waals surface area contributed by atoms with E-state index in [-0.39, 0.29) is 5.69 Å².